The Hall–Kier alpha value is -2.57. The van der Waals surface area contributed by atoms with E-state index in [0.29, 0.717) is 52.1 Å². The first-order valence-corrected chi connectivity index (χ1v) is 12.2. The summed E-state index contributed by atoms with van der Waals surface area (Å²) in [5.74, 6) is -1.48. The van der Waals surface area contributed by atoms with Gasteiger partial charge in [0.2, 0.25) is 0 Å². The van der Waals surface area contributed by atoms with Crippen molar-refractivity contribution in [2.24, 2.45) is 5.41 Å². The third-order valence-electron chi connectivity index (χ3n) is 4.61. The molecular weight excluding hydrogens is 488 g/mol. The van der Waals surface area contributed by atoms with E-state index in [1.165, 1.54) is 0 Å². The molecule has 0 aromatic heterocycles. The Morgan fingerprint density at radius 3 is 1.11 bits per heavy atom. The zero-order valence-corrected chi connectivity index (χ0v) is 21.7. The lowest BCUT2D eigenvalue weighted by Crippen LogP contribution is -2.42. The SMILES string of the molecule is C=CC(=O)OCCCOCC(COCCCO)(COCCCOC(=O)C=C)COCCCOC(=O)C=C. The van der Waals surface area contributed by atoms with Crippen LogP contribution < -0.4 is 0 Å². The van der Waals surface area contributed by atoms with Crippen molar-refractivity contribution in [3.8, 4) is 0 Å². The van der Waals surface area contributed by atoms with Gasteiger partial charge in [-0.3, -0.25) is 0 Å². The molecule has 1 N–H and O–H groups in total. The van der Waals surface area contributed by atoms with Gasteiger partial charge in [-0.15, -0.1) is 0 Å². The summed E-state index contributed by atoms with van der Waals surface area (Å²) in [6, 6.07) is 0. The molecule has 0 saturated carbocycles. The van der Waals surface area contributed by atoms with E-state index in [1.54, 1.807) is 0 Å². The summed E-state index contributed by atoms with van der Waals surface area (Å²) in [6.45, 7) is 12.9. The first-order valence-electron chi connectivity index (χ1n) is 12.2. The maximum absolute atomic E-state index is 11.2. The van der Waals surface area contributed by atoms with Crippen LogP contribution in [0.1, 0.15) is 25.7 Å². The molecule has 0 aliphatic carbocycles. The quantitative estimate of drug-likeness (QED) is 0.0758. The van der Waals surface area contributed by atoms with Gasteiger partial charge in [0.25, 0.3) is 0 Å². The molecule has 0 fully saturated rings. The van der Waals surface area contributed by atoms with Crippen LogP contribution in [0, 0.1) is 5.41 Å². The van der Waals surface area contributed by atoms with Gasteiger partial charge in [0, 0.05) is 70.5 Å². The lowest BCUT2D eigenvalue weighted by molar-refractivity contribution is -0.139. The fourth-order valence-corrected chi connectivity index (χ4v) is 2.75. The van der Waals surface area contributed by atoms with Crippen LogP contribution in [-0.2, 0) is 47.5 Å². The van der Waals surface area contributed by atoms with Crippen LogP contribution in [0.4, 0.5) is 0 Å². The van der Waals surface area contributed by atoms with Crippen LogP contribution in [0.15, 0.2) is 38.0 Å². The van der Waals surface area contributed by atoms with Crippen LogP contribution in [0.3, 0.4) is 0 Å². The lowest BCUT2D eigenvalue weighted by Gasteiger charge is -2.33. The maximum Gasteiger partial charge on any atom is 0.330 e. The Labute approximate surface area is 219 Å². The number of aliphatic hydroxyl groups is 1. The van der Waals surface area contributed by atoms with Crippen LogP contribution in [0.2, 0.25) is 0 Å². The Bertz CT molecular complexity index is 584. The van der Waals surface area contributed by atoms with Gasteiger partial charge in [0.15, 0.2) is 0 Å². The first kappa shape index (κ1) is 34.4. The molecule has 0 aliphatic rings. The highest BCUT2D eigenvalue weighted by Crippen LogP contribution is 2.21. The minimum absolute atomic E-state index is 0.00673. The van der Waals surface area contributed by atoms with Crippen molar-refractivity contribution in [3.63, 3.8) is 0 Å². The van der Waals surface area contributed by atoms with Crippen molar-refractivity contribution in [2.45, 2.75) is 25.7 Å². The third kappa shape index (κ3) is 20.2. The molecule has 0 rings (SSSR count). The van der Waals surface area contributed by atoms with Crippen LogP contribution >= 0.6 is 0 Å². The van der Waals surface area contributed by atoms with E-state index in [-0.39, 0.29) is 52.9 Å². The molecule has 0 unspecified atom stereocenters. The number of esters is 3. The molecule has 0 atom stereocenters. The second-order valence-electron chi connectivity index (χ2n) is 7.96. The number of ether oxygens (including phenoxy) is 7. The minimum atomic E-state index is -0.678. The molecule has 0 saturated heterocycles. The van der Waals surface area contributed by atoms with Crippen molar-refractivity contribution in [2.75, 3.05) is 79.3 Å². The summed E-state index contributed by atoms with van der Waals surface area (Å²) in [7, 11) is 0. The second-order valence-corrected chi connectivity index (χ2v) is 7.96. The number of carbonyl (C=O) groups excluding carboxylic acids is 3. The number of carbonyl (C=O) groups is 3. The van der Waals surface area contributed by atoms with Gasteiger partial charge in [0.1, 0.15) is 0 Å². The molecule has 0 aromatic carbocycles. The molecule has 212 valence electrons. The molecule has 0 amide bonds. The normalized spacial score (nSPS) is 10.9. The molecule has 0 aliphatic heterocycles. The number of hydrogen-bond donors (Lipinski definition) is 1. The van der Waals surface area contributed by atoms with Crippen LogP contribution in [-0.4, -0.2) is 102 Å². The van der Waals surface area contributed by atoms with Gasteiger partial charge < -0.3 is 38.3 Å². The zero-order chi connectivity index (χ0) is 27.6. The van der Waals surface area contributed by atoms with E-state index < -0.39 is 23.3 Å². The summed E-state index contributed by atoms with van der Waals surface area (Å²) in [6.07, 6.45) is 5.25. The standard InChI is InChI=1S/C26H42O11/c1-4-23(28)35-16-8-13-32-20-26(19-31-12-7-11-27,21-33-14-9-17-36-24(29)5-2)22-34-15-10-18-37-25(30)6-3/h4-6,27H,1-3,7-22H2. The smallest absolute Gasteiger partial charge is 0.330 e. The van der Waals surface area contributed by atoms with Crippen molar-refractivity contribution in [1.29, 1.82) is 0 Å². The summed E-state index contributed by atoms with van der Waals surface area (Å²) < 4.78 is 38.2. The Balaban J connectivity index is 4.90. The van der Waals surface area contributed by atoms with Crippen LogP contribution in [0.5, 0.6) is 0 Å². The predicted octanol–water partition coefficient (Wildman–Crippen LogP) is 1.78. The van der Waals surface area contributed by atoms with Crippen molar-refractivity contribution in [1.82, 2.24) is 0 Å². The predicted molar refractivity (Wildman–Crippen MR) is 135 cm³/mol. The van der Waals surface area contributed by atoms with Gasteiger partial charge >= 0.3 is 17.9 Å². The molecule has 37 heavy (non-hydrogen) atoms. The van der Waals surface area contributed by atoms with Crippen molar-refractivity contribution >= 4 is 17.9 Å². The van der Waals surface area contributed by atoms with Crippen LogP contribution in [0.25, 0.3) is 0 Å². The number of aliphatic hydroxyl groups excluding tert-OH is 1. The highest BCUT2D eigenvalue weighted by Gasteiger charge is 2.32. The first-order chi connectivity index (χ1) is 17.9. The largest absolute Gasteiger partial charge is 0.462 e. The van der Waals surface area contributed by atoms with E-state index in [9.17, 15) is 14.4 Å². The number of rotatable bonds is 26. The molecule has 11 heteroatoms. The number of hydrogen-bond acceptors (Lipinski definition) is 11. The molecule has 0 radical (unpaired) electrons. The Morgan fingerprint density at radius 2 is 0.838 bits per heavy atom. The highest BCUT2D eigenvalue weighted by atomic mass is 16.5. The topological polar surface area (TPSA) is 136 Å². The van der Waals surface area contributed by atoms with E-state index in [2.05, 4.69) is 19.7 Å². The zero-order valence-electron chi connectivity index (χ0n) is 21.7. The fourth-order valence-electron chi connectivity index (χ4n) is 2.75. The average molecular weight is 531 g/mol. The third-order valence-corrected chi connectivity index (χ3v) is 4.61. The Morgan fingerprint density at radius 1 is 0.541 bits per heavy atom. The van der Waals surface area contributed by atoms with Gasteiger partial charge in [0.05, 0.1) is 51.7 Å². The van der Waals surface area contributed by atoms with Gasteiger partial charge in [-0.2, -0.15) is 0 Å². The molecule has 11 nitrogen and oxygen atoms in total. The molecular formula is C26H42O11. The maximum atomic E-state index is 11.2. The summed E-state index contributed by atoms with van der Waals surface area (Å²) in [5.41, 5.74) is -0.678. The van der Waals surface area contributed by atoms with Crippen molar-refractivity contribution < 1.29 is 52.6 Å². The summed E-state index contributed by atoms with van der Waals surface area (Å²) >= 11 is 0. The average Bonchev–Trinajstić information content (AvgIpc) is 2.91. The molecule has 0 aromatic rings. The van der Waals surface area contributed by atoms with E-state index in [0.717, 1.165) is 18.2 Å². The second kappa shape index (κ2) is 23.8. The van der Waals surface area contributed by atoms with Gasteiger partial charge in [-0.05, 0) is 6.42 Å². The fraction of sp³-hybridized carbons (Fsp3) is 0.654. The molecule has 0 bridgehead atoms. The lowest BCUT2D eigenvalue weighted by atomic mass is 9.92. The Kier molecular flexibility index (Phi) is 22.2. The minimum Gasteiger partial charge on any atom is -0.462 e. The molecule has 0 heterocycles. The van der Waals surface area contributed by atoms with Crippen molar-refractivity contribution in [3.05, 3.63) is 38.0 Å². The van der Waals surface area contributed by atoms with Gasteiger partial charge in [-0.25, -0.2) is 14.4 Å². The summed E-state index contributed by atoms with van der Waals surface area (Å²) in [4.78, 5) is 33.5. The highest BCUT2D eigenvalue weighted by molar-refractivity contribution is 5.81. The molecule has 0 spiro atoms. The van der Waals surface area contributed by atoms with Gasteiger partial charge in [-0.1, -0.05) is 19.7 Å². The van der Waals surface area contributed by atoms with E-state index >= 15 is 0 Å². The van der Waals surface area contributed by atoms with E-state index in [1.807, 2.05) is 0 Å². The summed E-state index contributed by atoms with van der Waals surface area (Å²) in [5, 5.41) is 9.06. The monoisotopic (exact) mass is 530 g/mol. The van der Waals surface area contributed by atoms with E-state index in [4.69, 9.17) is 38.3 Å².